The molecule has 0 saturated heterocycles. The molecule has 1 aromatic heterocycles. The Morgan fingerprint density at radius 3 is 2.86 bits per heavy atom. The van der Waals surface area contributed by atoms with E-state index in [4.69, 9.17) is 16.1 Å². The summed E-state index contributed by atoms with van der Waals surface area (Å²) in [7, 11) is 0. The highest BCUT2D eigenvalue weighted by molar-refractivity contribution is 6.36. The van der Waals surface area contributed by atoms with Crippen LogP contribution in [0.3, 0.4) is 0 Å². The molecule has 1 heterocycles. The van der Waals surface area contributed by atoms with Gasteiger partial charge < -0.3 is 4.52 Å². The molecule has 3 aromatic rings. The van der Waals surface area contributed by atoms with Crippen molar-refractivity contribution < 1.29 is 4.52 Å². The van der Waals surface area contributed by atoms with E-state index >= 15 is 0 Å². The summed E-state index contributed by atoms with van der Waals surface area (Å²) < 4.78 is 5.07. The van der Waals surface area contributed by atoms with Crippen molar-refractivity contribution in [1.29, 1.82) is 0 Å². The molecule has 2 nitrogen and oxygen atoms in total. The smallest absolute Gasteiger partial charge is 0.180 e. The van der Waals surface area contributed by atoms with Gasteiger partial charge in [-0.1, -0.05) is 47.1 Å². The first-order valence-corrected chi connectivity index (χ1v) is 4.67. The van der Waals surface area contributed by atoms with E-state index in [1.165, 1.54) is 0 Å². The summed E-state index contributed by atoms with van der Waals surface area (Å²) >= 11 is 5.95. The Labute approximate surface area is 85.1 Å². The molecule has 0 N–H and O–H groups in total. The van der Waals surface area contributed by atoms with Crippen molar-refractivity contribution in [1.82, 2.24) is 5.16 Å². The molecule has 0 saturated carbocycles. The van der Waals surface area contributed by atoms with Crippen LogP contribution in [0.2, 0.25) is 5.15 Å². The fourth-order valence-electron chi connectivity index (χ4n) is 1.68. The molecule has 0 aliphatic rings. The van der Waals surface area contributed by atoms with E-state index in [0.717, 1.165) is 21.7 Å². The Kier molecular flexibility index (Phi) is 1.52. The zero-order valence-corrected chi connectivity index (χ0v) is 7.95. The van der Waals surface area contributed by atoms with Crippen LogP contribution in [0.1, 0.15) is 0 Å². The van der Waals surface area contributed by atoms with Crippen LogP contribution in [0.4, 0.5) is 0 Å². The van der Waals surface area contributed by atoms with Gasteiger partial charge in [0.15, 0.2) is 10.7 Å². The third-order valence-corrected chi connectivity index (χ3v) is 2.58. The van der Waals surface area contributed by atoms with Crippen LogP contribution >= 0.6 is 11.6 Å². The molecular formula is C11H6ClNO. The number of fused-ring (bicyclic) bond motifs is 3. The number of benzene rings is 2. The van der Waals surface area contributed by atoms with Crippen LogP contribution in [0.25, 0.3) is 21.7 Å². The van der Waals surface area contributed by atoms with Gasteiger partial charge in [-0.2, -0.15) is 0 Å². The molecule has 0 radical (unpaired) electrons. The van der Waals surface area contributed by atoms with Crippen LogP contribution < -0.4 is 0 Å². The van der Waals surface area contributed by atoms with Gasteiger partial charge >= 0.3 is 0 Å². The number of halogens is 1. The number of hydrogen-bond donors (Lipinski definition) is 0. The fourth-order valence-corrected chi connectivity index (χ4v) is 1.90. The molecule has 0 bridgehead atoms. The normalized spacial score (nSPS) is 11.2. The molecule has 2 aromatic carbocycles. The quantitative estimate of drug-likeness (QED) is 0.558. The van der Waals surface area contributed by atoms with Crippen LogP contribution in [0.15, 0.2) is 40.9 Å². The van der Waals surface area contributed by atoms with Crippen molar-refractivity contribution in [2.24, 2.45) is 0 Å². The summed E-state index contributed by atoms with van der Waals surface area (Å²) in [4.78, 5) is 0. The topological polar surface area (TPSA) is 26.0 Å². The highest BCUT2D eigenvalue weighted by atomic mass is 35.5. The Morgan fingerprint density at radius 2 is 1.93 bits per heavy atom. The van der Waals surface area contributed by atoms with E-state index < -0.39 is 0 Å². The second-order valence-corrected chi connectivity index (χ2v) is 3.49. The van der Waals surface area contributed by atoms with Gasteiger partial charge in [0.1, 0.15) is 0 Å². The first-order chi connectivity index (χ1) is 6.86. The van der Waals surface area contributed by atoms with Gasteiger partial charge in [0.05, 0.1) is 5.39 Å². The third kappa shape index (κ3) is 0.946. The third-order valence-electron chi connectivity index (χ3n) is 2.32. The van der Waals surface area contributed by atoms with Crippen LogP contribution in [-0.4, -0.2) is 5.16 Å². The molecule has 3 rings (SSSR count). The lowest BCUT2D eigenvalue weighted by atomic mass is 10.1. The first kappa shape index (κ1) is 7.83. The lowest BCUT2D eigenvalue weighted by Crippen LogP contribution is -1.72. The first-order valence-electron chi connectivity index (χ1n) is 4.29. The summed E-state index contributed by atoms with van der Waals surface area (Å²) in [6.07, 6.45) is 0. The van der Waals surface area contributed by atoms with Crippen molar-refractivity contribution in [3.8, 4) is 0 Å². The summed E-state index contributed by atoms with van der Waals surface area (Å²) in [6.45, 7) is 0. The van der Waals surface area contributed by atoms with Crippen molar-refractivity contribution >= 4 is 33.3 Å². The van der Waals surface area contributed by atoms with Crippen molar-refractivity contribution in [2.75, 3.05) is 0 Å². The molecule has 14 heavy (non-hydrogen) atoms. The Hall–Kier alpha value is -1.54. The molecule has 3 heteroatoms. The molecule has 0 spiro atoms. The average molecular weight is 204 g/mol. The Bertz CT molecular complexity index is 615. The molecule has 0 atom stereocenters. The van der Waals surface area contributed by atoms with E-state index in [2.05, 4.69) is 5.16 Å². The number of nitrogens with zero attached hydrogens (tertiary/aromatic N) is 1. The zero-order chi connectivity index (χ0) is 9.54. The maximum atomic E-state index is 5.95. The maximum absolute atomic E-state index is 5.95. The van der Waals surface area contributed by atoms with Gasteiger partial charge in [0, 0.05) is 0 Å². The SMILES string of the molecule is Clc1noc2ccc3ccccc3c12. The van der Waals surface area contributed by atoms with Crippen molar-refractivity contribution in [3.05, 3.63) is 41.6 Å². The van der Waals surface area contributed by atoms with Gasteiger partial charge in [-0.15, -0.1) is 0 Å². The summed E-state index contributed by atoms with van der Waals surface area (Å²) in [5.74, 6) is 0. The summed E-state index contributed by atoms with van der Waals surface area (Å²) in [6, 6.07) is 11.9. The maximum Gasteiger partial charge on any atom is 0.180 e. The highest BCUT2D eigenvalue weighted by Gasteiger charge is 2.08. The van der Waals surface area contributed by atoms with Gasteiger partial charge in [-0.25, -0.2) is 0 Å². The molecule has 0 amide bonds. The predicted molar refractivity (Wildman–Crippen MR) is 56.5 cm³/mol. The minimum absolute atomic E-state index is 0.428. The van der Waals surface area contributed by atoms with Gasteiger partial charge in [-0.3, -0.25) is 0 Å². The number of rotatable bonds is 0. The molecule has 0 unspecified atom stereocenters. The van der Waals surface area contributed by atoms with Gasteiger partial charge in [0.2, 0.25) is 0 Å². The summed E-state index contributed by atoms with van der Waals surface area (Å²) in [5, 5.41) is 7.28. The standard InChI is InChI=1S/C11H6ClNO/c12-11-10-8-4-2-1-3-7(8)5-6-9(10)14-13-11/h1-6H. The van der Waals surface area contributed by atoms with Crippen LogP contribution in [-0.2, 0) is 0 Å². The molecule has 68 valence electrons. The van der Waals surface area contributed by atoms with E-state index in [0.29, 0.717) is 5.15 Å². The lowest BCUT2D eigenvalue weighted by molar-refractivity contribution is 0.457. The van der Waals surface area contributed by atoms with E-state index in [9.17, 15) is 0 Å². The predicted octanol–water partition coefficient (Wildman–Crippen LogP) is 3.63. The molecular weight excluding hydrogens is 198 g/mol. The molecule has 0 aliphatic heterocycles. The second kappa shape index (κ2) is 2.72. The van der Waals surface area contributed by atoms with E-state index in [-0.39, 0.29) is 0 Å². The minimum Gasteiger partial charge on any atom is -0.355 e. The van der Waals surface area contributed by atoms with Gasteiger partial charge in [0.25, 0.3) is 0 Å². The Morgan fingerprint density at radius 1 is 1.07 bits per heavy atom. The monoisotopic (exact) mass is 203 g/mol. The molecule has 0 fully saturated rings. The molecule has 0 aliphatic carbocycles. The lowest BCUT2D eigenvalue weighted by Gasteiger charge is -1.96. The van der Waals surface area contributed by atoms with Crippen LogP contribution in [0.5, 0.6) is 0 Å². The Balaban J connectivity index is 2.65. The fraction of sp³-hybridized carbons (Fsp3) is 0. The van der Waals surface area contributed by atoms with E-state index in [1.54, 1.807) is 0 Å². The summed E-state index contributed by atoms with van der Waals surface area (Å²) in [5.41, 5.74) is 0.730. The number of aromatic nitrogens is 1. The zero-order valence-electron chi connectivity index (χ0n) is 7.20. The van der Waals surface area contributed by atoms with Crippen molar-refractivity contribution in [3.63, 3.8) is 0 Å². The van der Waals surface area contributed by atoms with Crippen molar-refractivity contribution in [2.45, 2.75) is 0 Å². The van der Waals surface area contributed by atoms with Crippen LogP contribution in [0, 0.1) is 0 Å². The minimum atomic E-state index is 0.428. The number of hydrogen-bond acceptors (Lipinski definition) is 2. The highest BCUT2D eigenvalue weighted by Crippen LogP contribution is 2.30. The average Bonchev–Trinajstić information content (AvgIpc) is 2.61. The largest absolute Gasteiger partial charge is 0.355 e. The van der Waals surface area contributed by atoms with E-state index in [1.807, 2.05) is 36.4 Å². The second-order valence-electron chi connectivity index (χ2n) is 3.13. The van der Waals surface area contributed by atoms with Gasteiger partial charge in [-0.05, 0) is 16.8 Å².